The Hall–Kier alpha value is -1.65. The molecule has 5 nitrogen and oxygen atoms in total. The molecule has 4 rings (SSSR count). The number of fused-ring (bicyclic) bond motifs is 3. The molecule has 3 aliphatic rings. The Kier molecular flexibility index (Phi) is 3.59. The first kappa shape index (κ1) is 15.9. The maximum absolute atomic E-state index is 12.6. The number of hydrogen-bond donors (Lipinski definition) is 0. The number of carbonyl (C=O) groups is 2. The summed E-state index contributed by atoms with van der Waals surface area (Å²) in [6.45, 7) is 8.32. The van der Waals surface area contributed by atoms with Gasteiger partial charge in [-0.2, -0.15) is 5.10 Å². The van der Waals surface area contributed by atoms with Crippen LogP contribution in [-0.4, -0.2) is 39.6 Å². The quantitative estimate of drug-likeness (QED) is 0.857. The van der Waals surface area contributed by atoms with Gasteiger partial charge in [0.15, 0.2) is 0 Å². The molecule has 0 bridgehead atoms. The first-order valence-corrected chi connectivity index (χ1v) is 9.30. The van der Waals surface area contributed by atoms with Crippen LogP contribution in [0.3, 0.4) is 0 Å². The zero-order valence-electron chi connectivity index (χ0n) is 15.0. The number of likely N-dealkylation sites (tertiary alicyclic amines) is 1. The molecule has 0 N–H and O–H groups in total. The summed E-state index contributed by atoms with van der Waals surface area (Å²) >= 11 is 0. The monoisotopic (exact) mass is 329 g/mol. The molecular formula is C19H27N3O2. The van der Waals surface area contributed by atoms with Gasteiger partial charge >= 0.3 is 0 Å². The van der Waals surface area contributed by atoms with Crippen molar-refractivity contribution >= 4 is 11.8 Å². The molecule has 0 radical (unpaired) electrons. The van der Waals surface area contributed by atoms with Crippen molar-refractivity contribution in [2.75, 3.05) is 13.1 Å². The largest absolute Gasteiger partial charge is 0.343 e. The van der Waals surface area contributed by atoms with Crippen LogP contribution >= 0.6 is 0 Å². The van der Waals surface area contributed by atoms with Crippen LogP contribution in [-0.2, 0) is 11.2 Å². The van der Waals surface area contributed by atoms with Crippen molar-refractivity contribution in [1.82, 2.24) is 14.7 Å². The molecule has 0 aromatic carbocycles. The highest BCUT2D eigenvalue weighted by Gasteiger charge is 2.64. The molecule has 0 unspecified atom stereocenters. The number of aromatic nitrogens is 2. The fourth-order valence-corrected chi connectivity index (χ4v) is 4.92. The van der Waals surface area contributed by atoms with Crippen molar-refractivity contribution < 1.29 is 9.59 Å². The fraction of sp³-hybridized carbons (Fsp3) is 0.737. The molecule has 2 aliphatic carbocycles. The Balaban J connectivity index is 1.42. The molecule has 1 saturated heterocycles. The Bertz CT molecular complexity index is 698. The predicted octanol–water partition coefficient (Wildman–Crippen LogP) is 2.92. The topological polar surface area (TPSA) is 55.2 Å². The maximum Gasteiger partial charge on any atom is 0.247 e. The number of rotatable bonds is 3. The van der Waals surface area contributed by atoms with Crippen molar-refractivity contribution in [3.8, 4) is 0 Å². The van der Waals surface area contributed by atoms with E-state index in [-0.39, 0.29) is 18.2 Å². The van der Waals surface area contributed by atoms with Gasteiger partial charge in [-0.05, 0) is 49.9 Å². The normalized spacial score (nSPS) is 26.9. The molecule has 1 saturated carbocycles. The second-order valence-corrected chi connectivity index (χ2v) is 8.30. The van der Waals surface area contributed by atoms with Crippen molar-refractivity contribution in [2.45, 2.75) is 65.2 Å². The van der Waals surface area contributed by atoms with Crippen molar-refractivity contribution in [3.05, 3.63) is 17.0 Å². The van der Waals surface area contributed by atoms with Crippen LogP contribution in [0, 0.1) is 18.3 Å². The zero-order valence-corrected chi connectivity index (χ0v) is 15.0. The van der Waals surface area contributed by atoms with Crippen molar-refractivity contribution in [1.29, 1.82) is 0 Å². The number of carbonyl (C=O) groups excluding carboxylic acids is 2. The van der Waals surface area contributed by atoms with Crippen LogP contribution in [0.2, 0.25) is 0 Å². The van der Waals surface area contributed by atoms with Gasteiger partial charge in [0.05, 0.1) is 11.4 Å². The Morgan fingerprint density at radius 1 is 1.12 bits per heavy atom. The van der Waals surface area contributed by atoms with Gasteiger partial charge in [-0.15, -0.1) is 0 Å². The van der Waals surface area contributed by atoms with Gasteiger partial charge in [0.1, 0.15) is 0 Å². The van der Waals surface area contributed by atoms with Gasteiger partial charge in [-0.25, -0.2) is 4.68 Å². The minimum absolute atomic E-state index is 0.0242. The third-order valence-corrected chi connectivity index (χ3v) is 6.48. The molecule has 1 aromatic rings. The fourth-order valence-electron chi connectivity index (χ4n) is 4.92. The highest BCUT2D eigenvalue weighted by atomic mass is 16.2. The molecule has 0 spiro atoms. The Labute approximate surface area is 143 Å². The molecule has 1 aliphatic heterocycles. The number of aryl methyl sites for hydroxylation is 1. The summed E-state index contributed by atoms with van der Waals surface area (Å²) in [7, 11) is 0. The lowest BCUT2D eigenvalue weighted by Crippen LogP contribution is -2.36. The van der Waals surface area contributed by atoms with Crippen molar-refractivity contribution in [3.63, 3.8) is 0 Å². The third kappa shape index (κ3) is 2.32. The number of amides is 1. The van der Waals surface area contributed by atoms with Gasteiger partial charge < -0.3 is 4.90 Å². The molecule has 2 atom stereocenters. The molecule has 1 amide bonds. The third-order valence-electron chi connectivity index (χ3n) is 6.48. The van der Waals surface area contributed by atoms with E-state index in [1.807, 2.05) is 11.8 Å². The summed E-state index contributed by atoms with van der Waals surface area (Å²) in [5.74, 6) is 1.33. The van der Waals surface area contributed by atoms with E-state index in [2.05, 4.69) is 18.9 Å². The first-order valence-electron chi connectivity index (χ1n) is 9.30. The average Bonchev–Trinajstić information content (AvgIpc) is 2.92. The van der Waals surface area contributed by atoms with E-state index in [9.17, 15) is 9.59 Å². The van der Waals surface area contributed by atoms with Crippen LogP contribution in [0.15, 0.2) is 0 Å². The van der Waals surface area contributed by atoms with Crippen LogP contribution in [0.5, 0.6) is 0 Å². The molecule has 130 valence electrons. The summed E-state index contributed by atoms with van der Waals surface area (Å²) in [5, 5.41) is 4.51. The highest BCUT2D eigenvalue weighted by molar-refractivity contribution is 5.85. The lowest BCUT2D eigenvalue weighted by molar-refractivity contribution is -0.132. The van der Waals surface area contributed by atoms with Gasteiger partial charge in [-0.1, -0.05) is 13.8 Å². The maximum atomic E-state index is 12.6. The molecule has 1 aromatic heterocycles. The molecule has 2 heterocycles. The zero-order chi connectivity index (χ0) is 17.1. The molecule has 5 heteroatoms. The first-order chi connectivity index (χ1) is 11.4. The van der Waals surface area contributed by atoms with Gasteiger partial charge in [0.2, 0.25) is 11.8 Å². The second-order valence-electron chi connectivity index (χ2n) is 8.30. The lowest BCUT2D eigenvalue weighted by atomic mass is 9.98. The van der Waals surface area contributed by atoms with Crippen molar-refractivity contribution in [2.24, 2.45) is 11.3 Å². The van der Waals surface area contributed by atoms with E-state index in [1.165, 1.54) is 12.0 Å². The summed E-state index contributed by atoms with van der Waals surface area (Å²) in [6.07, 6.45) is 4.92. The van der Waals surface area contributed by atoms with E-state index in [0.717, 1.165) is 43.7 Å². The highest BCUT2D eigenvalue weighted by Crippen LogP contribution is 2.70. The Morgan fingerprint density at radius 2 is 1.79 bits per heavy atom. The van der Waals surface area contributed by atoms with Crippen LogP contribution < -0.4 is 0 Å². The number of piperidine rings is 1. The minimum Gasteiger partial charge on any atom is -0.343 e. The molecule has 24 heavy (non-hydrogen) atoms. The van der Waals surface area contributed by atoms with E-state index in [0.29, 0.717) is 23.7 Å². The standard InChI is InChI=1S/C19H27N3O2/c1-12-17-14(11-13-18(17)19(13,2)3)22(20-12)16(24)8-7-15(23)21-9-5-4-6-10-21/h13,18H,4-11H2,1-3H3/t13-,18+/m0/s1. The van der Waals surface area contributed by atoms with E-state index in [1.54, 1.807) is 4.68 Å². The summed E-state index contributed by atoms with van der Waals surface area (Å²) in [6, 6.07) is 0. The van der Waals surface area contributed by atoms with Crippen LogP contribution in [0.25, 0.3) is 0 Å². The van der Waals surface area contributed by atoms with Gasteiger partial charge in [0.25, 0.3) is 0 Å². The van der Waals surface area contributed by atoms with Crippen LogP contribution in [0.4, 0.5) is 0 Å². The predicted molar refractivity (Wildman–Crippen MR) is 91.0 cm³/mol. The summed E-state index contributed by atoms with van der Waals surface area (Å²) in [4.78, 5) is 26.8. The average molecular weight is 329 g/mol. The number of hydrogen-bond acceptors (Lipinski definition) is 3. The lowest BCUT2D eigenvalue weighted by Gasteiger charge is -2.26. The molecular weight excluding hydrogens is 302 g/mol. The summed E-state index contributed by atoms with van der Waals surface area (Å²) < 4.78 is 1.61. The van der Waals surface area contributed by atoms with E-state index in [4.69, 9.17) is 0 Å². The van der Waals surface area contributed by atoms with E-state index < -0.39 is 0 Å². The SMILES string of the molecule is Cc1nn(C(=O)CCC(=O)N2CCCCC2)c2c1[C@H]1[C@H](C2)C1(C)C. The number of nitrogens with zero attached hydrogens (tertiary/aromatic N) is 3. The second kappa shape index (κ2) is 5.43. The van der Waals surface area contributed by atoms with Crippen LogP contribution in [0.1, 0.15) is 73.6 Å². The minimum atomic E-state index is -0.0242. The molecule has 2 fully saturated rings. The van der Waals surface area contributed by atoms with Gasteiger partial charge in [0, 0.05) is 31.5 Å². The van der Waals surface area contributed by atoms with Gasteiger partial charge in [-0.3, -0.25) is 9.59 Å². The Morgan fingerprint density at radius 3 is 2.50 bits per heavy atom. The van der Waals surface area contributed by atoms with E-state index >= 15 is 0 Å². The smallest absolute Gasteiger partial charge is 0.247 e. The summed E-state index contributed by atoms with van der Waals surface area (Å²) in [5.41, 5.74) is 3.77.